The highest BCUT2D eigenvalue weighted by molar-refractivity contribution is 7.98. The second-order valence-electron chi connectivity index (χ2n) is 10.7. The van der Waals surface area contributed by atoms with Gasteiger partial charge in [-0.25, -0.2) is 4.98 Å². The van der Waals surface area contributed by atoms with Crippen LogP contribution in [0, 0.1) is 0 Å². The minimum absolute atomic E-state index is 0.0619. The predicted molar refractivity (Wildman–Crippen MR) is 150 cm³/mol. The van der Waals surface area contributed by atoms with Crippen LogP contribution in [0.25, 0.3) is 10.9 Å². The molecule has 8 heteroatoms. The van der Waals surface area contributed by atoms with Gasteiger partial charge in [0.15, 0.2) is 5.16 Å². The molecule has 198 valence electrons. The van der Waals surface area contributed by atoms with Crippen molar-refractivity contribution >= 4 is 28.6 Å². The lowest BCUT2D eigenvalue weighted by atomic mass is 9.87. The van der Waals surface area contributed by atoms with Gasteiger partial charge in [0.2, 0.25) is 0 Å². The third-order valence-corrected chi connectivity index (χ3v) is 7.83. The zero-order valence-electron chi connectivity index (χ0n) is 22.0. The number of ether oxygens (including phenoxy) is 1. The molecule has 0 saturated carbocycles. The molecule has 0 radical (unpaired) electrons. The van der Waals surface area contributed by atoms with E-state index in [4.69, 9.17) is 14.1 Å². The van der Waals surface area contributed by atoms with Crippen LogP contribution < -0.4 is 10.9 Å². The standard InChI is InChI=1S/C30H33N3O4S/c1-30(2,3)22-11-8-20(9-12-22)19-38-29-32-26-16-21(27(34)31-17-23-6-4-14-36-23)10-13-25(26)28(35)33(29)18-24-7-5-15-37-24/h5,7-13,15-16,23H,4,6,14,17-19H2,1-3H3,(H,31,34)/t23-/m1/s1. The molecule has 1 fully saturated rings. The third kappa shape index (κ3) is 6.03. The lowest BCUT2D eigenvalue weighted by Gasteiger charge is -2.19. The van der Waals surface area contributed by atoms with Crippen LogP contribution in [-0.2, 0) is 22.4 Å². The van der Waals surface area contributed by atoms with Crippen molar-refractivity contribution in [2.45, 2.75) is 62.6 Å². The Morgan fingerprint density at radius 3 is 2.66 bits per heavy atom. The summed E-state index contributed by atoms with van der Waals surface area (Å²) in [4.78, 5) is 31.2. The van der Waals surface area contributed by atoms with Gasteiger partial charge < -0.3 is 14.5 Å². The summed E-state index contributed by atoms with van der Waals surface area (Å²) in [7, 11) is 0. The maximum Gasteiger partial charge on any atom is 0.262 e. The van der Waals surface area contributed by atoms with Crippen LogP contribution in [0.15, 0.2) is 75.2 Å². The van der Waals surface area contributed by atoms with Crippen LogP contribution in [0.1, 0.15) is 60.9 Å². The second kappa shape index (κ2) is 11.2. The molecular weight excluding hydrogens is 498 g/mol. The Bertz CT molecular complexity index is 1460. The number of furan rings is 1. The second-order valence-corrected chi connectivity index (χ2v) is 11.6. The zero-order valence-corrected chi connectivity index (χ0v) is 22.8. The van der Waals surface area contributed by atoms with E-state index < -0.39 is 0 Å². The van der Waals surface area contributed by atoms with Gasteiger partial charge in [-0.05, 0) is 59.7 Å². The van der Waals surface area contributed by atoms with E-state index in [-0.39, 0.29) is 29.5 Å². The van der Waals surface area contributed by atoms with Crippen LogP contribution in [0.3, 0.4) is 0 Å². The maximum absolute atomic E-state index is 13.6. The molecule has 4 aromatic rings. The predicted octanol–water partition coefficient (Wildman–Crippen LogP) is 5.54. The molecule has 3 heterocycles. The molecule has 1 aliphatic heterocycles. The zero-order chi connectivity index (χ0) is 26.7. The van der Waals surface area contributed by atoms with Gasteiger partial charge in [0, 0.05) is 24.5 Å². The number of rotatable bonds is 8. The van der Waals surface area contributed by atoms with E-state index >= 15 is 0 Å². The summed E-state index contributed by atoms with van der Waals surface area (Å²) in [6, 6.07) is 17.3. The van der Waals surface area contributed by atoms with E-state index in [1.165, 1.54) is 17.3 Å². The molecule has 5 rings (SSSR count). The normalized spacial score (nSPS) is 15.7. The SMILES string of the molecule is CC(C)(C)c1ccc(CSc2nc3cc(C(=O)NC[C@H]4CCCO4)ccc3c(=O)n2Cc2ccco2)cc1. The van der Waals surface area contributed by atoms with Crippen LogP contribution >= 0.6 is 11.8 Å². The number of carbonyl (C=O) groups is 1. The Kier molecular flexibility index (Phi) is 7.72. The van der Waals surface area contributed by atoms with Crippen molar-refractivity contribution in [3.05, 3.63) is 93.7 Å². The minimum atomic E-state index is -0.197. The first-order valence-corrected chi connectivity index (χ1v) is 14.0. The largest absolute Gasteiger partial charge is 0.467 e. The fourth-order valence-electron chi connectivity index (χ4n) is 4.51. The van der Waals surface area contributed by atoms with Gasteiger partial charge in [0.1, 0.15) is 5.76 Å². The number of aromatic nitrogens is 2. The number of carbonyl (C=O) groups excluding carboxylic acids is 1. The lowest BCUT2D eigenvalue weighted by Crippen LogP contribution is -2.31. The Balaban J connectivity index is 1.43. The molecule has 38 heavy (non-hydrogen) atoms. The summed E-state index contributed by atoms with van der Waals surface area (Å²) >= 11 is 1.50. The summed E-state index contributed by atoms with van der Waals surface area (Å²) in [6.45, 7) is 8.08. The topological polar surface area (TPSA) is 86.4 Å². The van der Waals surface area contributed by atoms with Gasteiger partial charge in [-0.3, -0.25) is 14.2 Å². The van der Waals surface area contributed by atoms with Crippen LogP contribution in [0.5, 0.6) is 0 Å². The fourth-order valence-corrected chi connectivity index (χ4v) is 5.47. The van der Waals surface area contributed by atoms with E-state index in [1.807, 2.05) is 6.07 Å². The molecule has 1 atom stereocenters. The number of fused-ring (bicyclic) bond motifs is 1. The average Bonchev–Trinajstić information content (AvgIpc) is 3.62. The van der Waals surface area contributed by atoms with Crippen LogP contribution in [0.2, 0.25) is 0 Å². The van der Waals surface area contributed by atoms with Crippen molar-refractivity contribution in [2.24, 2.45) is 0 Å². The Hall–Kier alpha value is -3.36. The Morgan fingerprint density at radius 1 is 1.16 bits per heavy atom. The Morgan fingerprint density at radius 2 is 1.97 bits per heavy atom. The molecule has 0 unspecified atom stereocenters. The van der Waals surface area contributed by atoms with E-state index in [0.29, 0.717) is 39.7 Å². The summed E-state index contributed by atoms with van der Waals surface area (Å²) in [5, 5.41) is 3.99. The molecule has 0 spiro atoms. The number of hydrogen-bond donors (Lipinski definition) is 1. The molecule has 1 saturated heterocycles. The van der Waals surface area contributed by atoms with E-state index in [9.17, 15) is 9.59 Å². The van der Waals surface area contributed by atoms with Gasteiger partial charge >= 0.3 is 0 Å². The summed E-state index contributed by atoms with van der Waals surface area (Å²) < 4.78 is 12.8. The van der Waals surface area contributed by atoms with Crippen molar-refractivity contribution < 1.29 is 13.9 Å². The molecule has 7 nitrogen and oxygen atoms in total. The van der Waals surface area contributed by atoms with Crippen molar-refractivity contribution in [1.82, 2.24) is 14.9 Å². The van der Waals surface area contributed by atoms with Gasteiger partial charge in [0.25, 0.3) is 11.5 Å². The van der Waals surface area contributed by atoms with E-state index in [0.717, 1.165) is 25.0 Å². The van der Waals surface area contributed by atoms with Gasteiger partial charge in [-0.15, -0.1) is 0 Å². The fraction of sp³-hybridized carbons (Fsp3) is 0.367. The van der Waals surface area contributed by atoms with Crippen molar-refractivity contribution in [1.29, 1.82) is 0 Å². The van der Waals surface area contributed by atoms with E-state index in [1.54, 1.807) is 35.1 Å². The number of benzene rings is 2. The molecule has 1 aliphatic rings. The van der Waals surface area contributed by atoms with Crippen molar-refractivity contribution in [3.63, 3.8) is 0 Å². The highest BCUT2D eigenvalue weighted by Gasteiger charge is 2.19. The first-order valence-electron chi connectivity index (χ1n) is 13.0. The highest BCUT2D eigenvalue weighted by atomic mass is 32.2. The molecule has 1 amide bonds. The number of thioether (sulfide) groups is 1. The monoisotopic (exact) mass is 531 g/mol. The third-order valence-electron chi connectivity index (χ3n) is 6.78. The van der Waals surface area contributed by atoms with Gasteiger partial charge in [0.05, 0.1) is 29.8 Å². The Labute approximate surface area is 226 Å². The lowest BCUT2D eigenvalue weighted by molar-refractivity contribution is 0.0858. The summed E-state index contributed by atoms with van der Waals surface area (Å²) in [6.07, 6.45) is 3.63. The molecular formula is C30H33N3O4S. The van der Waals surface area contributed by atoms with Crippen molar-refractivity contribution in [3.8, 4) is 0 Å². The van der Waals surface area contributed by atoms with Gasteiger partial charge in [-0.2, -0.15) is 0 Å². The maximum atomic E-state index is 13.6. The van der Waals surface area contributed by atoms with Crippen LogP contribution in [-0.4, -0.2) is 34.7 Å². The number of amides is 1. The summed E-state index contributed by atoms with van der Waals surface area (Å²) in [5.41, 5.74) is 3.31. The average molecular weight is 532 g/mol. The van der Waals surface area contributed by atoms with E-state index in [2.05, 4.69) is 50.4 Å². The number of nitrogens with zero attached hydrogens (tertiary/aromatic N) is 2. The molecule has 1 N–H and O–H groups in total. The number of hydrogen-bond acceptors (Lipinski definition) is 6. The first kappa shape index (κ1) is 26.3. The first-order chi connectivity index (χ1) is 18.3. The molecule has 0 aliphatic carbocycles. The molecule has 0 bridgehead atoms. The smallest absolute Gasteiger partial charge is 0.262 e. The quantitative estimate of drug-likeness (QED) is 0.237. The molecule has 2 aromatic carbocycles. The minimum Gasteiger partial charge on any atom is -0.467 e. The van der Waals surface area contributed by atoms with Gasteiger partial charge in [-0.1, -0.05) is 56.8 Å². The number of nitrogens with one attached hydrogen (secondary N) is 1. The summed E-state index contributed by atoms with van der Waals surface area (Å²) in [5.74, 6) is 1.13. The van der Waals surface area contributed by atoms with Crippen molar-refractivity contribution in [2.75, 3.05) is 13.2 Å². The van der Waals surface area contributed by atoms with Crippen LogP contribution in [0.4, 0.5) is 0 Å². The molecule has 2 aromatic heterocycles. The highest BCUT2D eigenvalue weighted by Crippen LogP contribution is 2.26.